The van der Waals surface area contributed by atoms with Crippen LogP contribution in [0.1, 0.15) is 48.6 Å². The van der Waals surface area contributed by atoms with Crippen molar-refractivity contribution in [3.8, 4) is 0 Å². The summed E-state index contributed by atoms with van der Waals surface area (Å²) in [6.45, 7) is 0.306. The lowest BCUT2D eigenvalue weighted by Gasteiger charge is -2.24. The molecular weight excluding hydrogens is 422 g/mol. The number of amides is 1. The van der Waals surface area contributed by atoms with Crippen LogP contribution in [0.2, 0.25) is 0 Å². The van der Waals surface area contributed by atoms with E-state index in [0.717, 1.165) is 29.4 Å². The number of hydrogen-bond acceptors (Lipinski definition) is 3. The minimum absolute atomic E-state index is 0.0474. The van der Waals surface area contributed by atoms with E-state index in [4.69, 9.17) is 5.11 Å². The Labute approximate surface area is 174 Å². The number of benzene rings is 2. The van der Waals surface area contributed by atoms with Gasteiger partial charge in [0.25, 0.3) is 0 Å². The summed E-state index contributed by atoms with van der Waals surface area (Å²) in [6, 6.07) is 16.7. The third-order valence-corrected chi connectivity index (χ3v) is 6.60. The van der Waals surface area contributed by atoms with Gasteiger partial charge in [0, 0.05) is 16.8 Å². The fraction of sp³-hybridized carbons (Fsp3) is 0.409. The maximum atomic E-state index is 12.4. The SMILES string of the molecule is O=C1CSC(c2ccc(CCCCCCCO)cc2)N1c1ccc(Br)cc1. The molecule has 1 atom stereocenters. The molecule has 144 valence electrons. The van der Waals surface area contributed by atoms with E-state index in [1.807, 2.05) is 29.2 Å². The summed E-state index contributed by atoms with van der Waals surface area (Å²) < 4.78 is 1.02. The van der Waals surface area contributed by atoms with Gasteiger partial charge in [-0.05, 0) is 54.7 Å². The van der Waals surface area contributed by atoms with Gasteiger partial charge in [0.05, 0.1) is 5.75 Å². The van der Waals surface area contributed by atoms with E-state index < -0.39 is 0 Å². The van der Waals surface area contributed by atoms with E-state index in [1.54, 1.807) is 11.8 Å². The summed E-state index contributed by atoms with van der Waals surface area (Å²) in [6.07, 6.45) is 6.72. The number of nitrogens with zero attached hydrogens (tertiary/aromatic N) is 1. The van der Waals surface area contributed by atoms with Gasteiger partial charge in [0.2, 0.25) is 5.91 Å². The van der Waals surface area contributed by atoms with Crippen molar-refractivity contribution < 1.29 is 9.90 Å². The number of aliphatic hydroxyl groups excluding tert-OH is 1. The zero-order chi connectivity index (χ0) is 19.1. The van der Waals surface area contributed by atoms with E-state index in [2.05, 4.69) is 40.2 Å². The van der Waals surface area contributed by atoms with Gasteiger partial charge in [0.15, 0.2) is 0 Å². The second-order valence-corrected chi connectivity index (χ2v) is 8.87. The van der Waals surface area contributed by atoms with E-state index in [9.17, 15) is 4.79 Å². The number of aryl methyl sites for hydroxylation is 1. The summed E-state index contributed by atoms with van der Waals surface area (Å²) in [7, 11) is 0. The molecule has 3 rings (SSSR count). The molecule has 2 aromatic carbocycles. The first kappa shape index (κ1) is 20.4. The van der Waals surface area contributed by atoms with Crippen LogP contribution in [0, 0.1) is 0 Å². The highest BCUT2D eigenvalue weighted by Crippen LogP contribution is 2.41. The van der Waals surface area contributed by atoms with Gasteiger partial charge in [-0.25, -0.2) is 0 Å². The highest BCUT2D eigenvalue weighted by Gasteiger charge is 2.33. The summed E-state index contributed by atoms with van der Waals surface area (Å²) in [5.41, 5.74) is 3.48. The van der Waals surface area contributed by atoms with E-state index in [1.165, 1.54) is 30.4 Å². The predicted octanol–water partition coefficient (Wildman–Crippen LogP) is 5.71. The first-order valence-corrected chi connectivity index (χ1v) is 11.4. The van der Waals surface area contributed by atoms with Gasteiger partial charge in [-0.1, -0.05) is 59.5 Å². The fourth-order valence-corrected chi connectivity index (χ4v) is 4.81. The first-order valence-electron chi connectivity index (χ1n) is 9.58. The van der Waals surface area contributed by atoms with Crippen LogP contribution in [-0.4, -0.2) is 23.4 Å². The Balaban J connectivity index is 1.60. The number of hydrogen-bond donors (Lipinski definition) is 1. The fourth-order valence-electron chi connectivity index (χ4n) is 3.37. The quantitative estimate of drug-likeness (QED) is 0.500. The van der Waals surface area contributed by atoms with Gasteiger partial charge in [-0.15, -0.1) is 11.8 Å². The standard InChI is InChI=1S/C22H26BrNO2S/c23-19-11-13-20(14-12-19)24-21(26)16-27-22(24)18-9-7-17(8-10-18)6-4-2-1-3-5-15-25/h7-14,22,25H,1-6,15-16H2. The van der Waals surface area contributed by atoms with Crippen molar-refractivity contribution in [1.82, 2.24) is 0 Å². The largest absolute Gasteiger partial charge is 0.396 e. The molecule has 0 bridgehead atoms. The molecular formula is C22H26BrNO2S. The monoisotopic (exact) mass is 447 g/mol. The number of unbranched alkanes of at least 4 members (excludes halogenated alkanes) is 4. The summed E-state index contributed by atoms with van der Waals surface area (Å²) in [4.78, 5) is 14.3. The molecule has 0 saturated carbocycles. The third-order valence-electron chi connectivity index (χ3n) is 4.86. The van der Waals surface area contributed by atoms with Crippen molar-refractivity contribution in [2.75, 3.05) is 17.3 Å². The Kier molecular flexibility index (Phi) is 7.80. The molecule has 27 heavy (non-hydrogen) atoms. The normalized spacial score (nSPS) is 16.9. The zero-order valence-corrected chi connectivity index (χ0v) is 17.8. The minimum atomic E-state index is 0.0474. The summed E-state index contributed by atoms with van der Waals surface area (Å²) in [5.74, 6) is 0.690. The Morgan fingerprint density at radius 2 is 1.63 bits per heavy atom. The van der Waals surface area contributed by atoms with Crippen LogP contribution in [0.15, 0.2) is 53.0 Å². The topological polar surface area (TPSA) is 40.5 Å². The molecule has 0 radical (unpaired) electrons. The molecule has 3 nitrogen and oxygen atoms in total. The molecule has 1 N–H and O–H groups in total. The van der Waals surface area contributed by atoms with Crippen molar-refractivity contribution >= 4 is 39.3 Å². The maximum Gasteiger partial charge on any atom is 0.238 e. The molecule has 0 spiro atoms. The van der Waals surface area contributed by atoms with Crippen LogP contribution >= 0.6 is 27.7 Å². The number of aliphatic hydroxyl groups is 1. The molecule has 2 aromatic rings. The Hall–Kier alpha value is -1.30. The van der Waals surface area contributed by atoms with Gasteiger partial charge >= 0.3 is 0 Å². The van der Waals surface area contributed by atoms with Crippen LogP contribution in [0.4, 0.5) is 5.69 Å². The number of anilines is 1. The lowest BCUT2D eigenvalue weighted by molar-refractivity contribution is -0.115. The highest BCUT2D eigenvalue weighted by molar-refractivity contribution is 9.10. The van der Waals surface area contributed by atoms with E-state index >= 15 is 0 Å². The van der Waals surface area contributed by atoms with Gasteiger partial charge < -0.3 is 5.11 Å². The lowest BCUT2D eigenvalue weighted by Crippen LogP contribution is -2.27. The number of carbonyl (C=O) groups is 1. The second-order valence-electron chi connectivity index (χ2n) is 6.89. The average Bonchev–Trinajstić information content (AvgIpc) is 3.07. The van der Waals surface area contributed by atoms with Crippen molar-refractivity contribution in [1.29, 1.82) is 0 Å². The van der Waals surface area contributed by atoms with Crippen molar-refractivity contribution in [2.24, 2.45) is 0 Å². The van der Waals surface area contributed by atoms with Crippen molar-refractivity contribution in [3.05, 3.63) is 64.1 Å². The first-order chi connectivity index (χ1) is 13.2. The van der Waals surface area contributed by atoms with Gasteiger partial charge in [-0.2, -0.15) is 0 Å². The van der Waals surface area contributed by atoms with E-state index in [-0.39, 0.29) is 11.3 Å². The lowest BCUT2D eigenvalue weighted by atomic mass is 10.0. The van der Waals surface area contributed by atoms with Crippen LogP contribution in [0.3, 0.4) is 0 Å². The average molecular weight is 448 g/mol. The third kappa shape index (κ3) is 5.59. The zero-order valence-electron chi connectivity index (χ0n) is 15.4. The van der Waals surface area contributed by atoms with Crippen LogP contribution in [-0.2, 0) is 11.2 Å². The molecule has 1 aliphatic rings. The van der Waals surface area contributed by atoms with E-state index in [0.29, 0.717) is 12.4 Å². The highest BCUT2D eigenvalue weighted by atomic mass is 79.9. The Bertz CT molecular complexity index is 733. The van der Waals surface area contributed by atoms with Crippen molar-refractivity contribution in [3.63, 3.8) is 0 Å². The molecule has 1 aliphatic heterocycles. The smallest absolute Gasteiger partial charge is 0.238 e. The molecule has 1 heterocycles. The Morgan fingerprint density at radius 3 is 2.33 bits per heavy atom. The van der Waals surface area contributed by atoms with Crippen LogP contribution in [0.5, 0.6) is 0 Å². The maximum absolute atomic E-state index is 12.4. The minimum Gasteiger partial charge on any atom is -0.396 e. The summed E-state index contributed by atoms with van der Waals surface area (Å²) in [5, 5.41) is 8.86. The van der Waals surface area contributed by atoms with Crippen molar-refractivity contribution in [2.45, 2.75) is 43.9 Å². The van der Waals surface area contributed by atoms with Crippen LogP contribution < -0.4 is 4.90 Å². The molecule has 1 unspecified atom stereocenters. The molecule has 0 aromatic heterocycles. The molecule has 1 amide bonds. The number of carbonyl (C=O) groups excluding carboxylic acids is 1. The predicted molar refractivity (Wildman–Crippen MR) is 117 cm³/mol. The second kappa shape index (κ2) is 10.3. The summed E-state index contributed by atoms with van der Waals surface area (Å²) >= 11 is 5.15. The number of thioether (sulfide) groups is 1. The Morgan fingerprint density at radius 1 is 0.963 bits per heavy atom. The molecule has 0 aliphatic carbocycles. The molecule has 5 heteroatoms. The number of rotatable bonds is 9. The van der Waals surface area contributed by atoms with Gasteiger partial charge in [0.1, 0.15) is 5.37 Å². The molecule has 1 fully saturated rings. The molecule has 1 saturated heterocycles. The van der Waals surface area contributed by atoms with Gasteiger partial charge in [-0.3, -0.25) is 9.69 Å². The van der Waals surface area contributed by atoms with Crippen LogP contribution in [0.25, 0.3) is 0 Å². The number of halogens is 1.